The van der Waals surface area contributed by atoms with Gasteiger partial charge in [0.25, 0.3) is 0 Å². The second-order valence-electron chi connectivity index (χ2n) is 5.29. The molecule has 0 N–H and O–H groups in total. The standard InChI is InChI=1S/C19H18BrNO3/c1-4-12-9-15(18(23-3)10-17(12)22-2)19-16(11-21-24-19)13-5-7-14(20)8-6-13/h5-11H,4H2,1-3H3. The summed E-state index contributed by atoms with van der Waals surface area (Å²) in [4.78, 5) is 0. The Kier molecular flexibility index (Phi) is 4.90. The number of halogens is 1. The molecule has 0 saturated heterocycles. The van der Waals surface area contributed by atoms with Gasteiger partial charge in [0.2, 0.25) is 0 Å². The molecule has 2 aromatic carbocycles. The van der Waals surface area contributed by atoms with Crippen molar-refractivity contribution in [2.24, 2.45) is 0 Å². The van der Waals surface area contributed by atoms with Crippen molar-refractivity contribution in [1.82, 2.24) is 5.16 Å². The summed E-state index contributed by atoms with van der Waals surface area (Å²) in [5, 5.41) is 4.00. The van der Waals surface area contributed by atoms with Crippen molar-refractivity contribution in [2.45, 2.75) is 13.3 Å². The molecular weight excluding hydrogens is 370 g/mol. The van der Waals surface area contributed by atoms with Crippen molar-refractivity contribution < 1.29 is 14.0 Å². The molecule has 0 saturated carbocycles. The third-order valence-corrected chi connectivity index (χ3v) is 4.48. The summed E-state index contributed by atoms with van der Waals surface area (Å²) in [5.41, 5.74) is 3.91. The molecule has 1 aromatic heterocycles. The fourth-order valence-electron chi connectivity index (χ4n) is 2.69. The molecule has 0 unspecified atom stereocenters. The van der Waals surface area contributed by atoms with Gasteiger partial charge in [0, 0.05) is 16.1 Å². The van der Waals surface area contributed by atoms with E-state index in [0.717, 1.165) is 38.9 Å². The lowest BCUT2D eigenvalue weighted by Crippen LogP contribution is -1.95. The third kappa shape index (κ3) is 3.04. The van der Waals surface area contributed by atoms with Crippen LogP contribution in [0.5, 0.6) is 11.5 Å². The van der Waals surface area contributed by atoms with Gasteiger partial charge in [-0.3, -0.25) is 0 Å². The van der Waals surface area contributed by atoms with Crippen LogP contribution >= 0.6 is 15.9 Å². The maximum absolute atomic E-state index is 5.57. The average Bonchev–Trinajstić information content (AvgIpc) is 3.10. The fraction of sp³-hybridized carbons (Fsp3) is 0.211. The van der Waals surface area contributed by atoms with E-state index in [9.17, 15) is 0 Å². The normalized spacial score (nSPS) is 10.7. The van der Waals surface area contributed by atoms with Crippen molar-refractivity contribution in [1.29, 1.82) is 0 Å². The highest BCUT2D eigenvalue weighted by Crippen LogP contribution is 2.40. The number of aromatic nitrogens is 1. The van der Waals surface area contributed by atoms with Gasteiger partial charge in [-0.05, 0) is 35.7 Å². The van der Waals surface area contributed by atoms with Crippen LogP contribution in [0.2, 0.25) is 0 Å². The number of aryl methyl sites for hydroxylation is 1. The van der Waals surface area contributed by atoms with E-state index in [1.54, 1.807) is 20.4 Å². The Bertz CT molecular complexity index is 840. The van der Waals surface area contributed by atoms with Gasteiger partial charge in [-0.2, -0.15) is 0 Å². The first-order valence-electron chi connectivity index (χ1n) is 7.63. The van der Waals surface area contributed by atoms with Crippen LogP contribution in [0.4, 0.5) is 0 Å². The SMILES string of the molecule is CCc1cc(-c2oncc2-c2ccc(Br)cc2)c(OC)cc1OC. The van der Waals surface area contributed by atoms with Crippen LogP contribution in [-0.2, 0) is 6.42 Å². The minimum Gasteiger partial charge on any atom is -0.496 e. The van der Waals surface area contributed by atoms with Crippen molar-refractivity contribution >= 4 is 15.9 Å². The van der Waals surface area contributed by atoms with E-state index >= 15 is 0 Å². The maximum Gasteiger partial charge on any atom is 0.178 e. The van der Waals surface area contributed by atoms with E-state index in [-0.39, 0.29) is 0 Å². The lowest BCUT2D eigenvalue weighted by Gasteiger charge is -2.13. The Morgan fingerprint density at radius 1 is 1.00 bits per heavy atom. The predicted octanol–water partition coefficient (Wildman–Crippen LogP) is 5.35. The Morgan fingerprint density at radius 2 is 1.71 bits per heavy atom. The molecular formula is C19H18BrNO3. The van der Waals surface area contributed by atoms with Crippen LogP contribution in [0.3, 0.4) is 0 Å². The quantitative estimate of drug-likeness (QED) is 0.591. The van der Waals surface area contributed by atoms with Crippen molar-refractivity contribution in [3.05, 3.63) is 52.6 Å². The van der Waals surface area contributed by atoms with Crippen LogP contribution in [-0.4, -0.2) is 19.4 Å². The average molecular weight is 388 g/mol. The predicted molar refractivity (Wildman–Crippen MR) is 97.6 cm³/mol. The highest BCUT2D eigenvalue weighted by Gasteiger charge is 2.19. The maximum atomic E-state index is 5.57. The molecule has 0 aliphatic carbocycles. The molecule has 0 bridgehead atoms. The molecule has 1 heterocycles. The molecule has 0 aliphatic heterocycles. The highest BCUT2D eigenvalue weighted by atomic mass is 79.9. The van der Waals surface area contributed by atoms with Gasteiger partial charge in [0.05, 0.1) is 26.0 Å². The van der Waals surface area contributed by atoms with E-state index in [0.29, 0.717) is 11.5 Å². The Balaban J connectivity index is 2.16. The van der Waals surface area contributed by atoms with E-state index in [2.05, 4.69) is 28.0 Å². The summed E-state index contributed by atoms with van der Waals surface area (Å²) in [6.07, 6.45) is 2.58. The van der Waals surface area contributed by atoms with Gasteiger partial charge in [-0.15, -0.1) is 0 Å². The second kappa shape index (κ2) is 7.09. The van der Waals surface area contributed by atoms with Crippen LogP contribution in [0.1, 0.15) is 12.5 Å². The van der Waals surface area contributed by atoms with Gasteiger partial charge in [-0.1, -0.05) is 40.1 Å². The first-order chi connectivity index (χ1) is 11.7. The van der Waals surface area contributed by atoms with Gasteiger partial charge in [-0.25, -0.2) is 0 Å². The first kappa shape index (κ1) is 16.6. The first-order valence-corrected chi connectivity index (χ1v) is 8.43. The molecule has 0 atom stereocenters. The smallest absolute Gasteiger partial charge is 0.178 e. The zero-order valence-corrected chi connectivity index (χ0v) is 15.4. The van der Waals surface area contributed by atoms with E-state index < -0.39 is 0 Å². The monoisotopic (exact) mass is 387 g/mol. The molecule has 0 radical (unpaired) electrons. The summed E-state index contributed by atoms with van der Waals surface area (Å²) >= 11 is 3.46. The Hall–Kier alpha value is -2.27. The molecule has 0 amide bonds. The summed E-state index contributed by atoms with van der Waals surface area (Å²) < 4.78 is 17.6. The minimum atomic E-state index is 0.687. The number of hydrogen-bond acceptors (Lipinski definition) is 4. The van der Waals surface area contributed by atoms with Crippen LogP contribution in [0, 0.1) is 0 Å². The molecule has 0 fully saturated rings. The number of rotatable bonds is 5. The number of benzene rings is 2. The lowest BCUT2D eigenvalue weighted by molar-refractivity contribution is 0.388. The van der Waals surface area contributed by atoms with Crippen LogP contribution < -0.4 is 9.47 Å². The van der Waals surface area contributed by atoms with Gasteiger partial charge < -0.3 is 14.0 Å². The number of ether oxygens (including phenoxy) is 2. The molecule has 0 aliphatic rings. The van der Waals surface area contributed by atoms with E-state index in [1.165, 1.54) is 0 Å². The molecule has 124 valence electrons. The van der Waals surface area contributed by atoms with E-state index in [1.807, 2.05) is 36.4 Å². The number of methoxy groups -OCH3 is 2. The summed E-state index contributed by atoms with van der Waals surface area (Å²) in [5.74, 6) is 2.19. The topological polar surface area (TPSA) is 44.5 Å². The summed E-state index contributed by atoms with van der Waals surface area (Å²) in [6, 6.07) is 12.0. The largest absolute Gasteiger partial charge is 0.496 e. The van der Waals surface area contributed by atoms with Gasteiger partial charge in [0.1, 0.15) is 11.5 Å². The lowest BCUT2D eigenvalue weighted by atomic mass is 9.99. The Morgan fingerprint density at radius 3 is 2.33 bits per heavy atom. The number of nitrogens with zero attached hydrogens (tertiary/aromatic N) is 1. The Labute approximate surface area is 149 Å². The van der Waals surface area contributed by atoms with Crippen molar-refractivity contribution in [3.63, 3.8) is 0 Å². The highest BCUT2D eigenvalue weighted by molar-refractivity contribution is 9.10. The molecule has 4 nitrogen and oxygen atoms in total. The van der Waals surface area contributed by atoms with Gasteiger partial charge >= 0.3 is 0 Å². The van der Waals surface area contributed by atoms with Gasteiger partial charge in [0.15, 0.2) is 5.76 Å². The summed E-state index contributed by atoms with van der Waals surface area (Å²) in [6.45, 7) is 2.09. The zero-order valence-electron chi connectivity index (χ0n) is 13.8. The van der Waals surface area contributed by atoms with Crippen LogP contribution in [0.15, 0.2) is 51.6 Å². The fourth-order valence-corrected chi connectivity index (χ4v) is 2.95. The summed E-state index contributed by atoms with van der Waals surface area (Å²) in [7, 11) is 3.30. The molecule has 3 aromatic rings. The zero-order chi connectivity index (χ0) is 17.1. The van der Waals surface area contributed by atoms with E-state index in [4.69, 9.17) is 14.0 Å². The third-order valence-electron chi connectivity index (χ3n) is 3.95. The molecule has 0 spiro atoms. The molecule has 5 heteroatoms. The van der Waals surface area contributed by atoms with Crippen LogP contribution in [0.25, 0.3) is 22.5 Å². The number of hydrogen-bond donors (Lipinski definition) is 0. The second-order valence-corrected chi connectivity index (χ2v) is 6.21. The van der Waals surface area contributed by atoms with Crippen molar-refractivity contribution in [2.75, 3.05) is 14.2 Å². The minimum absolute atomic E-state index is 0.687. The molecule has 24 heavy (non-hydrogen) atoms. The van der Waals surface area contributed by atoms with Crippen molar-refractivity contribution in [3.8, 4) is 33.9 Å². The molecule has 3 rings (SSSR count).